The molecule has 2 rings (SSSR count). The van der Waals surface area contributed by atoms with Crippen LogP contribution in [0.4, 0.5) is 0 Å². The Hall–Kier alpha value is -1.85. The Morgan fingerprint density at radius 1 is 1.35 bits per heavy atom. The van der Waals surface area contributed by atoms with Crippen molar-refractivity contribution < 1.29 is 9.59 Å². The molecule has 0 bridgehead atoms. The number of likely N-dealkylation sites (tertiary alicyclic amines) is 1. The number of piperidine rings is 1. The van der Waals surface area contributed by atoms with Crippen LogP contribution in [0.15, 0.2) is 12.3 Å². The maximum Gasteiger partial charge on any atom is 0.272 e. The molecule has 0 saturated carbocycles. The van der Waals surface area contributed by atoms with E-state index in [9.17, 15) is 9.59 Å². The summed E-state index contributed by atoms with van der Waals surface area (Å²) in [6.45, 7) is 5.91. The van der Waals surface area contributed by atoms with Crippen molar-refractivity contribution in [1.29, 1.82) is 0 Å². The zero-order chi connectivity index (χ0) is 14.7. The van der Waals surface area contributed by atoms with E-state index in [1.807, 2.05) is 4.90 Å². The van der Waals surface area contributed by atoms with E-state index in [-0.39, 0.29) is 18.4 Å². The molecule has 1 aliphatic rings. The lowest BCUT2D eigenvalue weighted by molar-refractivity contribution is -0.132. The number of carbonyl (C=O) groups is 2. The molecule has 1 saturated heterocycles. The van der Waals surface area contributed by atoms with Gasteiger partial charge in [-0.2, -0.15) is 5.10 Å². The molecule has 2 atom stereocenters. The van der Waals surface area contributed by atoms with Crippen LogP contribution in [0.5, 0.6) is 0 Å². The lowest BCUT2D eigenvalue weighted by atomic mass is 9.92. The van der Waals surface area contributed by atoms with E-state index >= 15 is 0 Å². The van der Waals surface area contributed by atoms with Crippen LogP contribution in [0, 0.1) is 11.8 Å². The first kappa shape index (κ1) is 14.6. The van der Waals surface area contributed by atoms with Gasteiger partial charge in [-0.25, -0.2) is 0 Å². The van der Waals surface area contributed by atoms with Crippen molar-refractivity contribution >= 4 is 11.8 Å². The van der Waals surface area contributed by atoms with Gasteiger partial charge in [0.2, 0.25) is 5.91 Å². The lowest BCUT2D eigenvalue weighted by Gasteiger charge is -2.35. The molecule has 20 heavy (non-hydrogen) atoms. The van der Waals surface area contributed by atoms with E-state index in [4.69, 9.17) is 0 Å². The highest BCUT2D eigenvalue weighted by molar-refractivity contribution is 5.94. The quantitative estimate of drug-likeness (QED) is 0.883. The van der Waals surface area contributed by atoms with Gasteiger partial charge in [-0.1, -0.05) is 13.8 Å². The molecule has 1 aromatic rings. The highest BCUT2D eigenvalue weighted by Gasteiger charge is 2.25. The molecular formula is C14H22N4O2. The van der Waals surface area contributed by atoms with Crippen molar-refractivity contribution in [3.05, 3.63) is 18.0 Å². The van der Waals surface area contributed by atoms with E-state index in [0.717, 1.165) is 19.5 Å². The Balaban J connectivity index is 1.84. The minimum absolute atomic E-state index is 0.0207. The van der Waals surface area contributed by atoms with Crippen LogP contribution in [0.1, 0.15) is 30.8 Å². The van der Waals surface area contributed by atoms with Gasteiger partial charge in [0, 0.05) is 26.3 Å². The van der Waals surface area contributed by atoms with Gasteiger partial charge in [0.15, 0.2) is 0 Å². The predicted octanol–water partition coefficient (Wildman–Crippen LogP) is 0.654. The smallest absolute Gasteiger partial charge is 0.272 e. The number of aryl methyl sites for hydroxylation is 1. The molecule has 0 aliphatic carbocycles. The van der Waals surface area contributed by atoms with Crippen LogP contribution in [0.3, 0.4) is 0 Å². The third-order valence-corrected chi connectivity index (χ3v) is 3.57. The average Bonchev–Trinajstić information content (AvgIpc) is 2.81. The third-order valence-electron chi connectivity index (χ3n) is 3.57. The first-order chi connectivity index (χ1) is 9.45. The third kappa shape index (κ3) is 3.59. The number of amides is 2. The van der Waals surface area contributed by atoms with Gasteiger partial charge < -0.3 is 10.2 Å². The van der Waals surface area contributed by atoms with Crippen LogP contribution in [0.25, 0.3) is 0 Å². The van der Waals surface area contributed by atoms with Crippen molar-refractivity contribution in [2.24, 2.45) is 18.9 Å². The highest BCUT2D eigenvalue weighted by atomic mass is 16.2. The predicted molar refractivity (Wildman–Crippen MR) is 75.1 cm³/mol. The molecule has 2 amide bonds. The molecule has 0 radical (unpaired) electrons. The fraction of sp³-hybridized carbons (Fsp3) is 0.643. The van der Waals surface area contributed by atoms with E-state index in [0.29, 0.717) is 17.5 Å². The molecule has 1 aliphatic heterocycles. The summed E-state index contributed by atoms with van der Waals surface area (Å²) in [6, 6.07) is 1.63. The maximum atomic E-state index is 12.1. The van der Waals surface area contributed by atoms with Gasteiger partial charge in [0.05, 0.1) is 6.54 Å². The van der Waals surface area contributed by atoms with Crippen molar-refractivity contribution in [2.75, 3.05) is 19.6 Å². The van der Waals surface area contributed by atoms with E-state index in [1.165, 1.54) is 0 Å². The standard InChI is InChI=1S/C14H22N4O2/c1-10-6-11(2)9-18(8-10)13(19)7-15-14(20)12-4-5-17(3)16-12/h4-5,10-11H,6-9H2,1-3H3,(H,15,20)/t10-,11-/m0/s1. The van der Waals surface area contributed by atoms with Crippen molar-refractivity contribution in [1.82, 2.24) is 20.0 Å². The van der Waals surface area contributed by atoms with E-state index < -0.39 is 0 Å². The number of hydrogen-bond acceptors (Lipinski definition) is 3. The monoisotopic (exact) mass is 278 g/mol. The molecule has 0 spiro atoms. The summed E-state index contributed by atoms with van der Waals surface area (Å²) in [5.41, 5.74) is 0.334. The molecule has 6 heteroatoms. The van der Waals surface area contributed by atoms with Crippen molar-refractivity contribution in [3.8, 4) is 0 Å². The maximum absolute atomic E-state index is 12.1. The first-order valence-electron chi connectivity index (χ1n) is 7.01. The minimum Gasteiger partial charge on any atom is -0.342 e. The normalized spacial score (nSPS) is 22.6. The van der Waals surface area contributed by atoms with Crippen LogP contribution < -0.4 is 5.32 Å². The van der Waals surface area contributed by atoms with Gasteiger partial charge in [0.25, 0.3) is 5.91 Å². The summed E-state index contributed by atoms with van der Waals surface area (Å²) < 4.78 is 1.56. The second-order valence-corrected chi connectivity index (χ2v) is 5.80. The first-order valence-corrected chi connectivity index (χ1v) is 7.01. The number of carbonyl (C=O) groups excluding carboxylic acids is 2. The number of nitrogens with zero attached hydrogens (tertiary/aromatic N) is 3. The zero-order valence-corrected chi connectivity index (χ0v) is 12.3. The topological polar surface area (TPSA) is 67.2 Å². The van der Waals surface area contributed by atoms with Crippen LogP contribution in [-0.4, -0.2) is 46.1 Å². The van der Waals surface area contributed by atoms with Gasteiger partial charge in [-0.05, 0) is 24.3 Å². The van der Waals surface area contributed by atoms with E-state index in [1.54, 1.807) is 24.0 Å². The summed E-state index contributed by atoms with van der Waals surface area (Å²) in [4.78, 5) is 25.8. The van der Waals surface area contributed by atoms with Gasteiger partial charge in [-0.15, -0.1) is 0 Å². The summed E-state index contributed by atoms with van der Waals surface area (Å²) in [7, 11) is 1.75. The average molecular weight is 278 g/mol. The number of hydrogen-bond donors (Lipinski definition) is 1. The van der Waals surface area contributed by atoms with Gasteiger partial charge >= 0.3 is 0 Å². The summed E-state index contributed by atoms with van der Waals surface area (Å²) in [6.07, 6.45) is 2.86. The molecule has 1 aromatic heterocycles. The Morgan fingerprint density at radius 2 is 2.00 bits per heavy atom. The Morgan fingerprint density at radius 3 is 2.55 bits per heavy atom. The van der Waals surface area contributed by atoms with Crippen molar-refractivity contribution in [3.63, 3.8) is 0 Å². The lowest BCUT2D eigenvalue weighted by Crippen LogP contribution is -2.46. The molecular weight excluding hydrogens is 256 g/mol. The molecule has 6 nitrogen and oxygen atoms in total. The molecule has 1 fully saturated rings. The molecule has 0 aromatic carbocycles. The summed E-state index contributed by atoms with van der Waals surface area (Å²) in [5.74, 6) is 0.716. The largest absolute Gasteiger partial charge is 0.342 e. The van der Waals surface area contributed by atoms with E-state index in [2.05, 4.69) is 24.3 Å². The number of rotatable bonds is 3. The van der Waals surface area contributed by atoms with Gasteiger partial charge in [0.1, 0.15) is 5.69 Å². The Bertz CT molecular complexity index is 487. The Labute approximate surface area is 119 Å². The van der Waals surface area contributed by atoms with Crippen LogP contribution in [-0.2, 0) is 11.8 Å². The second-order valence-electron chi connectivity index (χ2n) is 5.80. The minimum atomic E-state index is -0.308. The molecule has 0 unspecified atom stereocenters. The molecule has 2 heterocycles. The summed E-state index contributed by atoms with van der Waals surface area (Å²) in [5, 5.41) is 6.64. The fourth-order valence-corrected chi connectivity index (χ4v) is 2.76. The second kappa shape index (κ2) is 6.07. The summed E-state index contributed by atoms with van der Waals surface area (Å²) >= 11 is 0. The Kier molecular flexibility index (Phi) is 4.42. The van der Waals surface area contributed by atoms with Crippen LogP contribution >= 0.6 is 0 Å². The van der Waals surface area contributed by atoms with Crippen LogP contribution in [0.2, 0.25) is 0 Å². The SMILES string of the molecule is C[C@H]1C[C@H](C)CN(C(=O)CNC(=O)c2ccn(C)n2)C1. The molecule has 110 valence electrons. The van der Waals surface area contributed by atoms with Crippen molar-refractivity contribution in [2.45, 2.75) is 20.3 Å². The fourth-order valence-electron chi connectivity index (χ4n) is 2.76. The number of nitrogens with one attached hydrogen (secondary N) is 1. The number of aromatic nitrogens is 2. The van der Waals surface area contributed by atoms with Gasteiger partial charge in [-0.3, -0.25) is 14.3 Å². The highest BCUT2D eigenvalue weighted by Crippen LogP contribution is 2.20. The molecule has 1 N–H and O–H groups in total. The zero-order valence-electron chi connectivity index (χ0n) is 12.3.